The molecule has 43 heavy (non-hydrogen) atoms. The van der Waals surface area contributed by atoms with Gasteiger partial charge in [-0.3, -0.25) is 19.4 Å². The second-order valence-electron chi connectivity index (χ2n) is 11.8. The van der Waals surface area contributed by atoms with E-state index in [1.54, 1.807) is 18.5 Å². The fourth-order valence-electron chi connectivity index (χ4n) is 5.96. The van der Waals surface area contributed by atoms with Crippen molar-refractivity contribution in [3.8, 4) is 0 Å². The van der Waals surface area contributed by atoms with Crippen molar-refractivity contribution >= 4 is 29.5 Å². The molecule has 1 aliphatic heterocycles. The number of nitrogens with zero attached hydrogens (tertiary/aromatic N) is 2. The van der Waals surface area contributed by atoms with Gasteiger partial charge in [0.25, 0.3) is 5.91 Å². The molecule has 1 fully saturated rings. The smallest absolute Gasteiger partial charge is 0.252 e. The first-order valence-electron chi connectivity index (χ1n) is 14.5. The summed E-state index contributed by atoms with van der Waals surface area (Å²) in [5, 5.41) is 27.9. The number of amides is 3. The van der Waals surface area contributed by atoms with E-state index in [1.165, 1.54) is 16.7 Å². The van der Waals surface area contributed by atoms with Crippen LogP contribution < -0.4 is 10.6 Å². The summed E-state index contributed by atoms with van der Waals surface area (Å²) in [6, 6.07) is 19.3. The Morgan fingerprint density at radius 3 is 2.51 bits per heavy atom. The number of thioether (sulfide) groups is 1. The summed E-state index contributed by atoms with van der Waals surface area (Å²) in [5.41, 5.74) is 3.58. The zero-order valence-corrected chi connectivity index (χ0v) is 25.2. The molecule has 2 aliphatic rings. The molecule has 0 saturated carbocycles. The number of pyridine rings is 1. The number of aromatic nitrogens is 1. The van der Waals surface area contributed by atoms with E-state index >= 15 is 0 Å². The van der Waals surface area contributed by atoms with Crippen molar-refractivity contribution in [3.63, 3.8) is 0 Å². The Morgan fingerprint density at radius 2 is 1.77 bits per heavy atom. The van der Waals surface area contributed by atoms with Crippen LogP contribution in [0.4, 0.5) is 0 Å². The van der Waals surface area contributed by atoms with Crippen molar-refractivity contribution < 1.29 is 24.6 Å². The summed E-state index contributed by atoms with van der Waals surface area (Å²) >= 11 is 1.47. The predicted octanol–water partition coefficient (Wildman–Crippen LogP) is 2.76. The Kier molecular flexibility index (Phi) is 9.49. The number of hydrogen-bond donors (Lipinski definition) is 4. The number of aliphatic hydroxyl groups excluding tert-OH is 2. The molecule has 1 aromatic heterocycles. The Morgan fingerprint density at radius 1 is 1.05 bits per heavy atom. The molecule has 226 valence electrons. The van der Waals surface area contributed by atoms with Crippen LogP contribution in [0.2, 0.25) is 0 Å². The van der Waals surface area contributed by atoms with Gasteiger partial charge in [0.1, 0.15) is 12.1 Å². The Hall–Kier alpha value is -3.73. The van der Waals surface area contributed by atoms with Crippen LogP contribution >= 0.6 is 11.8 Å². The summed E-state index contributed by atoms with van der Waals surface area (Å²) in [4.78, 5) is 46.2. The average Bonchev–Trinajstić information content (AvgIpc) is 3.50. The van der Waals surface area contributed by atoms with Gasteiger partial charge in [-0.2, -0.15) is 0 Å². The topological polar surface area (TPSA) is 132 Å². The number of nitrogens with one attached hydrogen (secondary N) is 2. The van der Waals surface area contributed by atoms with E-state index < -0.39 is 40.9 Å². The average molecular weight is 603 g/mol. The van der Waals surface area contributed by atoms with Gasteiger partial charge in [-0.25, -0.2) is 0 Å². The van der Waals surface area contributed by atoms with Crippen LogP contribution in [-0.2, 0) is 33.8 Å². The van der Waals surface area contributed by atoms with E-state index in [2.05, 4.69) is 15.6 Å². The third-order valence-corrected chi connectivity index (χ3v) is 9.63. The van der Waals surface area contributed by atoms with Crippen molar-refractivity contribution in [3.05, 3.63) is 101 Å². The van der Waals surface area contributed by atoms with Gasteiger partial charge in [0, 0.05) is 36.0 Å². The maximum atomic E-state index is 13.7. The summed E-state index contributed by atoms with van der Waals surface area (Å²) < 4.78 is -0.582. The molecule has 1 saturated heterocycles. The van der Waals surface area contributed by atoms with Crippen LogP contribution in [0, 0.1) is 5.92 Å². The quantitative estimate of drug-likeness (QED) is 0.281. The summed E-state index contributed by atoms with van der Waals surface area (Å²) in [5.74, 6) is -1.75. The van der Waals surface area contributed by atoms with Gasteiger partial charge in [0.15, 0.2) is 0 Å². The summed E-state index contributed by atoms with van der Waals surface area (Å²) in [6.45, 7) is 4.08. The number of fused-ring (bicyclic) bond motifs is 1. The van der Waals surface area contributed by atoms with Crippen LogP contribution in [0.1, 0.15) is 48.6 Å². The maximum absolute atomic E-state index is 13.7. The molecule has 1 aliphatic carbocycles. The van der Waals surface area contributed by atoms with Crippen LogP contribution in [0.25, 0.3) is 0 Å². The normalized spacial score (nSPS) is 22.0. The second kappa shape index (κ2) is 13.3. The Balaban J connectivity index is 1.30. The van der Waals surface area contributed by atoms with Crippen LogP contribution in [-0.4, -0.2) is 66.7 Å². The molecule has 0 radical (unpaired) electrons. The highest BCUT2D eigenvalue weighted by Gasteiger charge is 2.49. The number of aliphatic hydroxyl groups is 2. The molecule has 2 heterocycles. The Labute approximate surface area is 256 Å². The van der Waals surface area contributed by atoms with E-state index in [-0.39, 0.29) is 30.7 Å². The van der Waals surface area contributed by atoms with E-state index in [1.807, 2.05) is 74.5 Å². The van der Waals surface area contributed by atoms with Crippen LogP contribution in [0.3, 0.4) is 0 Å². The third kappa shape index (κ3) is 7.09. The minimum atomic E-state index is -1.50. The van der Waals surface area contributed by atoms with Crippen LogP contribution in [0.15, 0.2) is 79.1 Å². The molecule has 10 heteroatoms. The first kappa shape index (κ1) is 30.7. The van der Waals surface area contributed by atoms with Gasteiger partial charge in [-0.15, -0.1) is 11.8 Å². The van der Waals surface area contributed by atoms with Crippen molar-refractivity contribution in [2.24, 2.45) is 5.92 Å². The lowest BCUT2D eigenvalue weighted by molar-refractivity contribution is -0.147. The molecule has 5 atom stereocenters. The van der Waals surface area contributed by atoms with Gasteiger partial charge in [-0.1, -0.05) is 60.7 Å². The van der Waals surface area contributed by atoms with E-state index in [9.17, 15) is 24.6 Å². The molecular weight excluding hydrogens is 564 g/mol. The van der Waals surface area contributed by atoms with Crippen molar-refractivity contribution in [2.75, 3.05) is 5.88 Å². The van der Waals surface area contributed by atoms with E-state index in [4.69, 9.17) is 0 Å². The fourth-order valence-corrected chi connectivity index (χ4v) is 7.10. The van der Waals surface area contributed by atoms with Gasteiger partial charge >= 0.3 is 0 Å². The zero-order valence-electron chi connectivity index (χ0n) is 24.3. The summed E-state index contributed by atoms with van der Waals surface area (Å²) in [6.07, 6.45) is 1.68. The van der Waals surface area contributed by atoms with Crippen molar-refractivity contribution in [1.82, 2.24) is 20.5 Å². The first-order chi connectivity index (χ1) is 20.6. The number of hydrogen-bond acceptors (Lipinski definition) is 7. The van der Waals surface area contributed by atoms with E-state index in [0.717, 1.165) is 22.3 Å². The standard InChI is InChI=1S/C33H38N4O5S/c1-33(2)29(31(41)35-19-22-11-8-14-34-18-22)37(20-43-33)32(42)27(39)17-24(15-21-9-4-3-5-10-21)30(40)36-28-25-13-7-6-12-23(25)16-26(28)38/h3-14,18,24,26-29,38-39H,15-17,19-20H2,1-2H3,(H,35,41)(H,36,40)/t24-,26-,27+,28+,29-/m1/s1. The van der Waals surface area contributed by atoms with Gasteiger partial charge in [-0.05, 0) is 55.0 Å². The molecule has 3 aromatic rings. The number of carbonyl (C=O) groups is 3. The molecular formula is C33H38N4O5S. The number of carbonyl (C=O) groups excluding carboxylic acids is 3. The predicted molar refractivity (Wildman–Crippen MR) is 165 cm³/mol. The Bertz CT molecular complexity index is 1440. The largest absolute Gasteiger partial charge is 0.390 e. The minimum absolute atomic E-state index is 0.129. The van der Waals surface area contributed by atoms with Crippen LogP contribution in [0.5, 0.6) is 0 Å². The summed E-state index contributed by atoms with van der Waals surface area (Å²) in [7, 11) is 0. The highest BCUT2D eigenvalue weighted by molar-refractivity contribution is 8.00. The molecule has 9 nitrogen and oxygen atoms in total. The monoisotopic (exact) mass is 602 g/mol. The molecule has 3 amide bonds. The lowest BCUT2D eigenvalue weighted by Crippen LogP contribution is -2.55. The van der Waals surface area contributed by atoms with Crippen molar-refractivity contribution in [2.45, 2.75) is 68.7 Å². The second-order valence-corrected chi connectivity index (χ2v) is 13.4. The fraction of sp³-hybridized carbons (Fsp3) is 0.394. The van der Waals surface area contributed by atoms with Gasteiger partial charge in [0.05, 0.1) is 18.0 Å². The first-order valence-corrected chi connectivity index (χ1v) is 15.5. The molecule has 5 rings (SSSR count). The highest BCUT2D eigenvalue weighted by atomic mass is 32.2. The molecule has 0 unspecified atom stereocenters. The SMILES string of the molecule is CC1(C)SCN(C(=O)[C@@H](O)C[C@@H](Cc2ccccc2)C(=O)N[C@H]2c3ccccc3C[C@H]2O)[C@@H]1C(=O)NCc1cccnc1. The molecule has 0 bridgehead atoms. The minimum Gasteiger partial charge on any atom is -0.390 e. The molecule has 4 N–H and O–H groups in total. The highest BCUT2D eigenvalue weighted by Crippen LogP contribution is 2.40. The number of rotatable bonds is 10. The maximum Gasteiger partial charge on any atom is 0.252 e. The zero-order chi connectivity index (χ0) is 30.6. The third-order valence-electron chi connectivity index (χ3n) is 8.26. The van der Waals surface area contributed by atoms with E-state index in [0.29, 0.717) is 12.8 Å². The van der Waals surface area contributed by atoms with Gasteiger partial charge < -0.3 is 25.7 Å². The van der Waals surface area contributed by atoms with Crippen molar-refractivity contribution in [1.29, 1.82) is 0 Å². The lowest BCUT2D eigenvalue weighted by atomic mass is 9.91. The number of benzene rings is 2. The molecule has 2 aromatic carbocycles. The van der Waals surface area contributed by atoms with Gasteiger partial charge in [0.2, 0.25) is 11.8 Å². The lowest BCUT2D eigenvalue weighted by Gasteiger charge is -2.32. The molecule has 0 spiro atoms.